The summed E-state index contributed by atoms with van der Waals surface area (Å²) in [6.45, 7) is 2.05. The molecule has 4 nitrogen and oxygen atoms in total. The third kappa shape index (κ3) is 2.75. The third-order valence-corrected chi connectivity index (χ3v) is 6.48. The van der Waals surface area contributed by atoms with E-state index in [9.17, 15) is 4.79 Å². The van der Waals surface area contributed by atoms with Crippen molar-refractivity contribution in [2.45, 2.75) is 19.3 Å². The van der Waals surface area contributed by atoms with E-state index in [1.807, 2.05) is 24.4 Å². The maximum absolute atomic E-state index is 13.2. The Balaban J connectivity index is 1.77. The molecule has 0 bridgehead atoms. The monoisotopic (exact) mass is 370 g/mol. The van der Waals surface area contributed by atoms with Crippen molar-refractivity contribution in [1.29, 1.82) is 0 Å². The number of nitrogens with zero attached hydrogens (tertiary/aromatic N) is 1. The van der Waals surface area contributed by atoms with Crippen LogP contribution < -0.4 is 10.1 Å². The van der Waals surface area contributed by atoms with Crippen LogP contribution in [0.25, 0.3) is 0 Å². The number of fused-ring (bicyclic) bond motifs is 1. The van der Waals surface area contributed by atoms with Gasteiger partial charge in [0.05, 0.1) is 12.5 Å². The minimum atomic E-state index is -0.564. The van der Waals surface area contributed by atoms with Crippen molar-refractivity contribution in [2.24, 2.45) is 5.41 Å². The maximum atomic E-state index is 13.2. The summed E-state index contributed by atoms with van der Waals surface area (Å²) in [6, 6.07) is 10.3. The Hall–Kier alpha value is -2.18. The first kappa shape index (κ1) is 16.3. The lowest BCUT2D eigenvalue weighted by Crippen LogP contribution is -2.37. The number of hydrogen-bond donors (Lipinski definition) is 1. The number of methoxy groups -OCH3 is 1. The first-order valence-corrected chi connectivity index (χ1v) is 9.79. The van der Waals surface area contributed by atoms with Gasteiger partial charge in [0.1, 0.15) is 5.75 Å². The molecule has 0 saturated carbocycles. The van der Waals surface area contributed by atoms with Gasteiger partial charge in [-0.2, -0.15) is 0 Å². The van der Waals surface area contributed by atoms with Crippen LogP contribution in [-0.4, -0.2) is 18.0 Å². The summed E-state index contributed by atoms with van der Waals surface area (Å²) in [5, 5.41) is 7.57. The van der Waals surface area contributed by atoms with E-state index in [0.29, 0.717) is 11.6 Å². The normalized spacial score (nSPS) is 21.8. The fraction of sp³-hybridized carbons (Fsp3) is 0.263. The largest absolute Gasteiger partial charge is 0.497 e. The topological polar surface area (TPSA) is 51.2 Å². The second kappa shape index (κ2) is 6.28. The summed E-state index contributed by atoms with van der Waals surface area (Å²) in [4.78, 5) is 18.6. The van der Waals surface area contributed by atoms with E-state index >= 15 is 0 Å². The zero-order chi connectivity index (χ0) is 17.4. The molecule has 0 aliphatic heterocycles. The first-order valence-electron chi connectivity index (χ1n) is 8.03. The fourth-order valence-electron chi connectivity index (χ4n) is 3.63. The number of amides is 1. The smallest absolute Gasteiger partial charge is 0.233 e. The fourth-order valence-corrected chi connectivity index (χ4v) is 5.15. The Morgan fingerprint density at radius 1 is 1.32 bits per heavy atom. The number of rotatable bonds is 4. The third-order valence-electron chi connectivity index (χ3n) is 4.86. The zero-order valence-corrected chi connectivity index (χ0v) is 15.6. The van der Waals surface area contributed by atoms with Crippen LogP contribution >= 0.6 is 22.7 Å². The number of aromatic nitrogens is 1. The van der Waals surface area contributed by atoms with E-state index in [-0.39, 0.29) is 11.8 Å². The molecule has 1 N–H and O–H groups in total. The van der Waals surface area contributed by atoms with E-state index in [4.69, 9.17) is 4.74 Å². The lowest BCUT2D eigenvalue weighted by Gasteiger charge is -2.29. The van der Waals surface area contributed by atoms with Gasteiger partial charge in [-0.15, -0.1) is 22.7 Å². The Morgan fingerprint density at radius 2 is 2.20 bits per heavy atom. The van der Waals surface area contributed by atoms with Crippen molar-refractivity contribution >= 4 is 33.7 Å². The standard InChI is InChI=1S/C19H18N2O2S2/c1-19(17(22)21-18-20-7-9-25-18)11-12-5-6-13(23-2)10-14(12)16(19)15-4-3-8-24-15/h3-10,16H,11H2,1-2H3,(H,20,21,22)/t16-,19-/m0/s1. The van der Waals surface area contributed by atoms with Crippen molar-refractivity contribution in [2.75, 3.05) is 12.4 Å². The maximum Gasteiger partial charge on any atom is 0.233 e. The Labute approximate surface area is 154 Å². The number of carbonyl (C=O) groups excluding carboxylic acids is 1. The molecule has 0 fully saturated rings. The van der Waals surface area contributed by atoms with Crippen molar-refractivity contribution in [3.63, 3.8) is 0 Å². The highest BCUT2D eigenvalue weighted by Gasteiger charge is 2.49. The van der Waals surface area contributed by atoms with Crippen molar-refractivity contribution in [1.82, 2.24) is 4.98 Å². The molecule has 0 radical (unpaired) electrons. The molecule has 1 aromatic carbocycles. The predicted molar refractivity (Wildman–Crippen MR) is 102 cm³/mol. The van der Waals surface area contributed by atoms with Gasteiger partial charge in [-0.3, -0.25) is 4.79 Å². The van der Waals surface area contributed by atoms with E-state index in [2.05, 4.69) is 33.9 Å². The number of hydrogen-bond acceptors (Lipinski definition) is 5. The van der Waals surface area contributed by atoms with Crippen LogP contribution in [-0.2, 0) is 11.2 Å². The highest BCUT2D eigenvalue weighted by molar-refractivity contribution is 7.13. The number of nitrogens with one attached hydrogen (secondary N) is 1. The van der Waals surface area contributed by atoms with Crippen LogP contribution in [0.4, 0.5) is 5.13 Å². The van der Waals surface area contributed by atoms with Crippen molar-refractivity contribution in [3.05, 3.63) is 63.3 Å². The number of anilines is 1. The lowest BCUT2D eigenvalue weighted by atomic mass is 9.76. The summed E-state index contributed by atoms with van der Waals surface area (Å²) < 4.78 is 5.41. The van der Waals surface area contributed by atoms with Crippen LogP contribution in [0.15, 0.2) is 47.3 Å². The second-order valence-corrected chi connectivity index (χ2v) is 8.27. The molecule has 2 aromatic heterocycles. The van der Waals surface area contributed by atoms with Gasteiger partial charge in [-0.1, -0.05) is 12.1 Å². The number of thiophene rings is 1. The van der Waals surface area contributed by atoms with Crippen LogP contribution in [0, 0.1) is 5.41 Å². The summed E-state index contributed by atoms with van der Waals surface area (Å²) in [5.74, 6) is 0.846. The van der Waals surface area contributed by atoms with Crippen LogP contribution in [0.5, 0.6) is 5.75 Å². The molecule has 25 heavy (non-hydrogen) atoms. The van der Waals surface area contributed by atoms with Crippen molar-refractivity contribution < 1.29 is 9.53 Å². The van der Waals surface area contributed by atoms with Crippen LogP contribution in [0.1, 0.15) is 28.8 Å². The average molecular weight is 370 g/mol. The molecule has 3 aromatic rings. The van der Waals surface area contributed by atoms with Gasteiger partial charge in [0, 0.05) is 22.4 Å². The minimum Gasteiger partial charge on any atom is -0.497 e. The van der Waals surface area contributed by atoms with E-state index in [1.54, 1.807) is 24.6 Å². The molecule has 0 saturated heterocycles. The molecule has 2 atom stereocenters. The summed E-state index contributed by atoms with van der Waals surface area (Å²) in [6.07, 6.45) is 2.40. The molecule has 1 aliphatic rings. The molecule has 1 amide bonds. The highest BCUT2D eigenvalue weighted by Crippen LogP contribution is 2.53. The van der Waals surface area contributed by atoms with Gasteiger partial charge in [-0.25, -0.2) is 4.98 Å². The zero-order valence-electron chi connectivity index (χ0n) is 14.0. The molecule has 128 valence electrons. The molecule has 6 heteroatoms. The number of thiazole rings is 1. The second-order valence-electron chi connectivity index (χ2n) is 6.40. The number of carbonyl (C=O) groups is 1. The van der Waals surface area contributed by atoms with E-state index < -0.39 is 5.41 Å². The van der Waals surface area contributed by atoms with Gasteiger partial charge in [0.25, 0.3) is 0 Å². The predicted octanol–water partition coefficient (Wildman–Crippen LogP) is 4.55. The van der Waals surface area contributed by atoms with Crippen molar-refractivity contribution in [3.8, 4) is 5.75 Å². The lowest BCUT2D eigenvalue weighted by molar-refractivity contribution is -0.125. The summed E-state index contributed by atoms with van der Waals surface area (Å²) in [7, 11) is 1.67. The summed E-state index contributed by atoms with van der Waals surface area (Å²) >= 11 is 3.13. The Bertz CT molecular complexity index is 890. The minimum absolute atomic E-state index is 0.0102. The Morgan fingerprint density at radius 3 is 2.88 bits per heavy atom. The van der Waals surface area contributed by atoms with Gasteiger partial charge < -0.3 is 10.1 Å². The molecule has 2 heterocycles. The van der Waals surface area contributed by atoms with Gasteiger partial charge >= 0.3 is 0 Å². The molecular weight excluding hydrogens is 352 g/mol. The van der Waals surface area contributed by atoms with E-state index in [0.717, 1.165) is 5.75 Å². The molecule has 4 rings (SSSR count). The van der Waals surface area contributed by atoms with Gasteiger partial charge in [-0.05, 0) is 48.1 Å². The summed E-state index contributed by atoms with van der Waals surface area (Å²) in [5.41, 5.74) is 1.82. The Kier molecular flexibility index (Phi) is 4.09. The quantitative estimate of drug-likeness (QED) is 0.733. The molecular formula is C19H18N2O2S2. The highest BCUT2D eigenvalue weighted by atomic mass is 32.1. The molecule has 0 unspecified atom stereocenters. The SMILES string of the molecule is COc1ccc2c(c1)[C@@H](c1cccs1)[C@@](C)(C(=O)Nc1nccs1)C2. The molecule has 0 spiro atoms. The first-order chi connectivity index (χ1) is 12.1. The average Bonchev–Trinajstić information content (AvgIpc) is 3.33. The van der Waals surface area contributed by atoms with Gasteiger partial charge in [0.2, 0.25) is 5.91 Å². The van der Waals surface area contributed by atoms with Gasteiger partial charge in [0.15, 0.2) is 5.13 Å². The number of ether oxygens (including phenoxy) is 1. The molecule has 1 aliphatic carbocycles. The van der Waals surface area contributed by atoms with Crippen LogP contribution in [0.2, 0.25) is 0 Å². The van der Waals surface area contributed by atoms with E-state index in [1.165, 1.54) is 27.3 Å². The van der Waals surface area contributed by atoms with Crippen LogP contribution in [0.3, 0.4) is 0 Å². The number of benzene rings is 1.